The zero-order chi connectivity index (χ0) is 19.4. The summed E-state index contributed by atoms with van der Waals surface area (Å²) in [7, 11) is 1.95. The van der Waals surface area contributed by atoms with Crippen molar-refractivity contribution in [3.05, 3.63) is 30.3 Å². The van der Waals surface area contributed by atoms with E-state index in [1.54, 1.807) is 0 Å². The van der Waals surface area contributed by atoms with Gasteiger partial charge in [0.2, 0.25) is 5.91 Å². The minimum absolute atomic E-state index is 0.131. The number of hydrogen-bond donors (Lipinski definition) is 1. The van der Waals surface area contributed by atoms with Gasteiger partial charge in [-0.1, -0.05) is 18.2 Å². The lowest BCUT2D eigenvalue weighted by Crippen LogP contribution is -2.48. The molecule has 1 aromatic rings. The number of likely N-dealkylation sites (tertiary alicyclic amines) is 1. The van der Waals surface area contributed by atoms with Gasteiger partial charge >= 0.3 is 0 Å². The smallest absolute Gasteiger partial charge is 0.242 e. The molecule has 4 atom stereocenters. The van der Waals surface area contributed by atoms with Crippen LogP contribution in [0.4, 0.5) is 5.69 Å². The van der Waals surface area contributed by atoms with Crippen molar-refractivity contribution in [3.8, 4) is 0 Å². The molecule has 2 saturated heterocycles. The highest BCUT2D eigenvalue weighted by molar-refractivity contribution is 5.81. The minimum atomic E-state index is 0.131. The summed E-state index contributed by atoms with van der Waals surface area (Å²) in [4.78, 5) is 19.1. The number of hydrogen-bond acceptors (Lipinski definition) is 5. The Morgan fingerprint density at radius 3 is 2.37 bits per heavy atom. The van der Waals surface area contributed by atoms with Crippen LogP contribution in [0.15, 0.2) is 30.3 Å². The summed E-state index contributed by atoms with van der Waals surface area (Å²) in [6.07, 6.45) is 0.472. The van der Waals surface area contributed by atoms with Gasteiger partial charge in [-0.15, -0.1) is 0 Å². The number of ether oxygens (including phenoxy) is 1. The quantitative estimate of drug-likeness (QED) is 0.812. The summed E-state index contributed by atoms with van der Waals surface area (Å²) in [5.41, 5.74) is 1.04. The van der Waals surface area contributed by atoms with Crippen LogP contribution in [0, 0.1) is 11.8 Å². The topological polar surface area (TPSA) is 56.2 Å². The van der Waals surface area contributed by atoms with Gasteiger partial charge in [-0.2, -0.15) is 0 Å². The van der Waals surface area contributed by atoms with Gasteiger partial charge in [-0.25, -0.2) is 0 Å². The first-order valence-electron chi connectivity index (χ1n) is 9.99. The number of rotatable bonds is 6. The van der Waals surface area contributed by atoms with Gasteiger partial charge in [0, 0.05) is 58.0 Å². The van der Waals surface area contributed by atoms with E-state index in [2.05, 4.69) is 18.7 Å². The van der Waals surface area contributed by atoms with Crippen molar-refractivity contribution < 1.29 is 14.6 Å². The Labute approximate surface area is 162 Å². The molecule has 0 bridgehead atoms. The number of carbonyl (C=O) groups excluding carboxylic acids is 1. The summed E-state index contributed by atoms with van der Waals surface area (Å²) in [5.74, 6) is 0.605. The number of para-hydroxylation sites is 1. The number of carbonyl (C=O) groups is 1. The Bertz CT molecular complexity index is 602. The van der Waals surface area contributed by atoms with Gasteiger partial charge < -0.3 is 19.6 Å². The first kappa shape index (κ1) is 20.1. The second-order valence-electron chi connectivity index (χ2n) is 8.17. The van der Waals surface area contributed by atoms with Crippen LogP contribution in [-0.4, -0.2) is 85.9 Å². The van der Waals surface area contributed by atoms with E-state index in [9.17, 15) is 9.90 Å². The van der Waals surface area contributed by atoms with Crippen LogP contribution in [0.25, 0.3) is 0 Å². The molecule has 6 heteroatoms. The lowest BCUT2D eigenvalue weighted by Gasteiger charge is -2.37. The molecule has 2 aliphatic rings. The van der Waals surface area contributed by atoms with Crippen LogP contribution in [0.1, 0.15) is 13.8 Å². The highest BCUT2D eigenvalue weighted by Crippen LogP contribution is 2.26. The third-order valence-corrected chi connectivity index (χ3v) is 5.72. The third kappa shape index (κ3) is 5.21. The first-order chi connectivity index (χ1) is 13.0. The molecule has 1 amide bonds. The maximum absolute atomic E-state index is 12.8. The molecule has 2 heterocycles. The molecule has 0 aromatic heterocycles. The molecule has 0 spiro atoms. The SMILES string of the molecule is C[C@@H]1CN(C[C@@H]2CN(C(=O)CN(C)c3ccccc3)C[C@@H]2CO)C[C@H](C)O1. The number of amides is 1. The molecule has 27 heavy (non-hydrogen) atoms. The van der Waals surface area contributed by atoms with Crippen LogP contribution in [0.2, 0.25) is 0 Å². The summed E-state index contributed by atoms with van der Waals surface area (Å²) in [5, 5.41) is 9.84. The fourth-order valence-corrected chi connectivity index (χ4v) is 4.40. The van der Waals surface area contributed by atoms with Crippen LogP contribution in [-0.2, 0) is 9.53 Å². The predicted molar refractivity (Wildman–Crippen MR) is 107 cm³/mol. The van der Waals surface area contributed by atoms with Gasteiger partial charge in [-0.3, -0.25) is 9.69 Å². The van der Waals surface area contributed by atoms with E-state index in [0.29, 0.717) is 19.0 Å². The number of aliphatic hydroxyl groups is 1. The molecule has 3 rings (SSSR count). The van der Waals surface area contributed by atoms with E-state index in [1.165, 1.54) is 0 Å². The van der Waals surface area contributed by atoms with E-state index in [4.69, 9.17) is 4.74 Å². The standard InChI is InChI=1S/C21H33N3O3/c1-16-9-23(10-17(2)27-16)11-18-12-24(13-19(18)15-25)21(26)14-22(3)20-7-5-4-6-8-20/h4-8,16-19,25H,9-15H2,1-3H3/t16-,17+,18-,19-/m1/s1. The van der Waals surface area contributed by atoms with Crippen LogP contribution in [0.5, 0.6) is 0 Å². The maximum Gasteiger partial charge on any atom is 0.242 e. The van der Waals surface area contributed by atoms with Gasteiger partial charge in [0.05, 0.1) is 18.8 Å². The molecule has 0 unspecified atom stereocenters. The largest absolute Gasteiger partial charge is 0.396 e. The molecule has 150 valence electrons. The van der Waals surface area contributed by atoms with E-state index in [-0.39, 0.29) is 30.6 Å². The maximum atomic E-state index is 12.8. The predicted octanol–water partition coefficient (Wildman–Crippen LogP) is 1.30. The number of likely N-dealkylation sites (N-methyl/N-ethyl adjacent to an activating group) is 1. The number of morpholine rings is 1. The van der Waals surface area contributed by atoms with Crippen molar-refractivity contribution in [1.29, 1.82) is 0 Å². The number of benzene rings is 1. The molecular weight excluding hydrogens is 342 g/mol. The Hall–Kier alpha value is -1.63. The van der Waals surface area contributed by atoms with Crippen molar-refractivity contribution in [2.24, 2.45) is 11.8 Å². The van der Waals surface area contributed by atoms with Gasteiger partial charge in [0.1, 0.15) is 0 Å². The van der Waals surface area contributed by atoms with Crippen molar-refractivity contribution in [1.82, 2.24) is 9.80 Å². The third-order valence-electron chi connectivity index (χ3n) is 5.72. The molecular formula is C21H33N3O3. The molecule has 2 aliphatic heterocycles. The van der Waals surface area contributed by atoms with E-state index in [1.807, 2.05) is 47.2 Å². The van der Waals surface area contributed by atoms with Gasteiger partial charge in [-0.05, 0) is 31.9 Å². The van der Waals surface area contributed by atoms with Crippen LogP contribution < -0.4 is 4.90 Å². The molecule has 0 radical (unpaired) electrons. The lowest BCUT2D eigenvalue weighted by atomic mass is 9.96. The number of nitrogens with zero attached hydrogens (tertiary/aromatic N) is 3. The van der Waals surface area contributed by atoms with Crippen molar-refractivity contribution >= 4 is 11.6 Å². The van der Waals surface area contributed by atoms with Crippen LogP contribution in [0.3, 0.4) is 0 Å². The van der Waals surface area contributed by atoms with Crippen molar-refractivity contribution in [2.45, 2.75) is 26.1 Å². The average Bonchev–Trinajstić information content (AvgIpc) is 3.04. The molecule has 6 nitrogen and oxygen atoms in total. The van der Waals surface area contributed by atoms with Crippen LogP contribution >= 0.6 is 0 Å². The van der Waals surface area contributed by atoms with E-state index in [0.717, 1.165) is 31.9 Å². The Morgan fingerprint density at radius 1 is 1.11 bits per heavy atom. The fraction of sp³-hybridized carbons (Fsp3) is 0.667. The monoisotopic (exact) mass is 375 g/mol. The Kier molecular flexibility index (Phi) is 6.73. The number of aliphatic hydroxyl groups excluding tert-OH is 1. The molecule has 1 N–H and O–H groups in total. The average molecular weight is 376 g/mol. The zero-order valence-electron chi connectivity index (χ0n) is 16.8. The normalized spacial score (nSPS) is 29.1. The summed E-state index contributed by atoms with van der Waals surface area (Å²) in [6.45, 7) is 8.85. The first-order valence-corrected chi connectivity index (χ1v) is 9.99. The Balaban J connectivity index is 1.56. The second kappa shape index (κ2) is 9.04. The Morgan fingerprint density at radius 2 is 1.74 bits per heavy atom. The van der Waals surface area contributed by atoms with Gasteiger partial charge in [0.25, 0.3) is 0 Å². The summed E-state index contributed by atoms with van der Waals surface area (Å²) < 4.78 is 5.82. The molecule has 1 aromatic carbocycles. The summed E-state index contributed by atoms with van der Waals surface area (Å²) in [6, 6.07) is 9.96. The fourth-order valence-electron chi connectivity index (χ4n) is 4.40. The zero-order valence-corrected chi connectivity index (χ0v) is 16.8. The minimum Gasteiger partial charge on any atom is -0.396 e. The van der Waals surface area contributed by atoms with Gasteiger partial charge in [0.15, 0.2) is 0 Å². The molecule has 2 fully saturated rings. The second-order valence-corrected chi connectivity index (χ2v) is 8.17. The highest BCUT2D eigenvalue weighted by atomic mass is 16.5. The number of anilines is 1. The lowest BCUT2D eigenvalue weighted by molar-refractivity contribution is -0.129. The van der Waals surface area contributed by atoms with E-state index >= 15 is 0 Å². The van der Waals surface area contributed by atoms with E-state index < -0.39 is 0 Å². The molecule has 0 aliphatic carbocycles. The van der Waals surface area contributed by atoms with Crippen molar-refractivity contribution in [2.75, 3.05) is 57.8 Å². The highest BCUT2D eigenvalue weighted by Gasteiger charge is 2.37. The summed E-state index contributed by atoms with van der Waals surface area (Å²) >= 11 is 0. The van der Waals surface area contributed by atoms with Crippen molar-refractivity contribution in [3.63, 3.8) is 0 Å². The molecule has 0 saturated carbocycles.